The van der Waals surface area contributed by atoms with Gasteiger partial charge in [-0.3, -0.25) is 9.59 Å². The lowest BCUT2D eigenvalue weighted by atomic mass is 9.92. The third-order valence-electron chi connectivity index (χ3n) is 3.44. The fourth-order valence-corrected chi connectivity index (χ4v) is 1.59. The third kappa shape index (κ3) is 3.57. The van der Waals surface area contributed by atoms with Crippen LogP contribution in [0.2, 0.25) is 0 Å². The Bertz CT molecular complexity index is 504. The largest absolute Gasteiger partial charge is 0.349 e. The lowest BCUT2D eigenvalue weighted by Crippen LogP contribution is -2.37. The van der Waals surface area contributed by atoms with Crippen molar-refractivity contribution < 1.29 is 9.59 Å². The molecule has 2 amide bonds. The van der Waals surface area contributed by atoms with Crippen LogP contribution < -0.4 is 16.4 Å². The highest BCUT2D eigenvalue weighted by Crippen LogP contribution is 2.20. The molecule has 20 heavy (non-hydrogen) atoms. The summed E-state index contributed by atoms with van der Waals surface area (Å²) in [6, 6.07) is 7.22. The second kappa shape index (κ2) is 5.63. The van der Waals surface area contributed by atoms with Gasteiger partial charge < -0.3 is 16.4 Å². The minimum atomic E-state index is -0.609. The minimum absolute atomic E-state index is 0.0623. The molecule has 4 N–H and O–H groups in total. The Morgan fingerprint density at radius 3 is 2.35 bits per heavy atom. The van der Waals surface area contributed by atoms with Gasteiger partial charge in [-0.05, 0) is 51.0 Å². The average molecular weight is 275 g/mol. The van der Waals surface area contributed by atoms with E-state index in [0.29, 0.717) is 17.3 Å². The van der Waals surface area contributed by atoms with Crippen LogP contribution in [0.25, 0.3) is 0 Å². The minimum Gasteiger partial charge on any atom is -0.349 e. The molecular weight excluding hydrogens is 254 g/mol. The van der Waals surface area contributed by atoms with Crippen LogP contribution >= 0.6 is 0 Å². The van der Waals surface area contributed by atoms with Crippen molar-refractivity contribution in [3.05, 3.63) is 29.8 Å². The molecule has 5 heteroatoms. The van der Waals surface area contributed by atoms with Crippen molar-refractivity contribution in [1.82, 2.24) is 5.32 Å². The van der Waals surface area contributed by atoms with Gasteiger partial charge in [-0.15, -0.1) is 0 Å². The first-order chi connectivity index (χ1) is 9.42. The molecule has 0 heterocycles. The van der Waals surface area contributed by atoms with Gasteiger partial charge in [-0.25, -0.2) is 0 Å². The summed E-state index contributed by atoms with van der Waals surface area (Å²) in [5, 5.41) is 5.72. The van der Waals surface area contributed by atoms with Crippen molar-refractivity contribution in [1.29, 1.82) is 0 Å². The Morgan fingerprint density at radius 1 is 1.25 bits per heavy atom. The summed E-state index contributed by atoms with van der Waals surface area (Å²) in [7, 11) is 0. The molecule has 1 aliphatic rings. The normalized spacial score (nSPS) is 14.8. The van der Waals surface area contributed by atoms with Gasteiger partial charge in [0.2, 0.25) is 5.91 Å². The van der Waals surface area contributed by atoms with Crippen LogP contribution in [-0.2, 0) is 4.79 Å². The molecule has 0 atom stereocenters. The van der Waals surface area contributed by atoms with Crippen molar-refractivity contribution >= 4 is 17.5 Å². The fourth-order valence-electron chi connectivity index (χ4n) is 1.59. The number of hydrogen-bond donors (Lipinski definition) is 3. The summed E-state index contributed by atoms with van der Waals surface area (Å²) in [6.07, 6.45) is 2.13. The maximum absolute atomic E-state index is 12.0. The summed E-state index contributed by atoms with van der Waals surface area (Å²) < 4.78 is 0. The standard InChI is InChI=1S/C15H21N3O2/c1-15(2,9-16)14(20)18-12-5-3-10(4-6-12)13(19)17-11-7-8-11/h3-6,11H,7-9,16H2,1-2H3,(H,17,19)(H,18,20). The number of nitrogens with one attached hydrogen (secondary N) is 2. The van der Waals surface area contributed by atoms with Crippen LogP contribution in [0.5, 0.6) is 0 Å². The number of anilines is 1. The van der Waals surface area contributed by atoms with E-state index in [1.54, 1.807) is 38.1 Å². The second-order valence-electron chi connectivity index (χ2n) is 5.87. The van der Waals surface area contributed by atoms with E-state index >= 15 is 0 Å². The van der Waals surface area contributed by atoms with Gasteiger partial charge >= 0.3 is 0 Å². The summed E-state index contributed by atoms with van der Waals surface area (Å²) in [4.78, 5) is 23.8. The number of amides is 2. The Hall–Kier alpha value is -1.88. The predicted molar refractivity (Wildman–Crippen MR) is 78.4 cm³/mol. The molecule has 1 aromatic rings. The second-order valence-corrected chi connectivity index (χ2v) is 5.87. The maximum atomic E-state index is 12.0. The third-order valence-corrected chi connectivity index (χ3v) is 3.44. The monoisotopic (exact) mass is 275 g/mol. The quantitative estimate of drug-likeness (QED) is 0.761. The van der Waals surface area contributed by atoms with Crippen LogP contribution in [0, 0.1) is 5.41 Å². The Labute approximate surface area is 118 Å². The Balaban J connectivity index is 1.97. The molecule has 0 radical (unpaired) electrons. The molecule has 0 bridgehead atoms. The molecule has 1 aromatic carbocycles. The average Bonchev–Trinajstić information content (AvgIpc) is 3.23. The van der Waals surface area contributed by atoms with Crippen molar-refractivity contribution in [2.24, 2.45) is 11.1 Å². The van der Waals surface area contributed by atoms with E-state index in [1.165, 1.54) is 0 Å². The van der Waals surface area contributed by atoms with E-state index < -0.39 is 5.41 Å². The SMILES string of the molecule is CC(C)(CN)C(=O)Nc1ccc(C(=O)NC2CC2)cc1. The molecule has 2 rings (SSSR count). The first-order valence-electron chi connectivity index (χ1n) is 6.85. The van der Waals surface area contributed by atoms with E-state index in [4.69, 9.17) is 5.73 Å². The molecule has 1 saturated carbocycles. The number of rotatable bonds is 5. The Morgan fingerprint density at radius 2 is 1.85 bits per heavy atom. The highest BCUT2D eigenvalue weighted by atomic mass is 16.2. The zero-order chi connectivity index (χ0) is 14.8. The Kier molecular flexibility index (Phi) is 4.09. The number of carbonyl (C=O) groups excluding carboxylic acids is 2. The molecule has 1 aliphatic carbocycles. The summed E-state index contributed by atoms with van der Waals surface area (Å²) in [5.41, 5.74) is 6.22. The van der Waals surface area contributed by atoms with Gasteiger partial charge in [-0.1, -0.05) is 0 Å². The van der Waals surface area contributed by atoms with E-state index in [9.17, 15) is 9.59 Å². The zero-order valence-corrected chi connectivity index (χ0v) is 11.9. The van der Waals surface area contributed by atoms with Gasteiger partial charge in [-0.2, -0.15) is 0 Å². The first-order valence-corrected chi connectivity index (χ1v) is 6.85. The van der Waals surface area contributed by atoms with Crippen molar-refractivity contribution in [2.75, 3.05) is 11.9 Å². The van der Waals surface area contributed by atoms with Crippen LogP contribution in [0.15, 0.2) is 24.3 Å². The smallest absolute Gasteiger partial charge is 0.251 e. The molecular formula is C15H21N3O2. The van der Waals surface area contributed by atoms with Gasteiger partial charge in [0.1, 0.15) is 0 Å². The maximum Gasteiger partial charge on any atom is 0.251 e. The number of benzene rings is 1. The molecule has 0 spiro atoms. The van der Waals surface area contributed by atoms with Crippen LogP contribution in [0.4, 0.5) is 5.69 Å². The predicted octanol–water partition coefficient (Wildman–Crippen LogP) is 1.50. The van der Waals surface area contributed by atoms with Crippen LogP contribution in [0.1, 0.15) is 37.0 Å². The van der Waals surface area contributed by atoms with E-state index in [0.717, 1.165) is 12.8 Å². The van der Waals surface area contributed by atoms with Gasteiger partial charge in [0, 0.05) is 23.8 Å². The van der Waals surface area contributed by atoms with Crippen molar-refractivity contribution in [3.63, 3.8) is 0 Å². The highest BCUT2D eigenvalue weighted by Gasteiger charge is 2.26. The summed E-state index contributed by atoms with van der Waals surface area (Å²) in [5.74, 6) is -0.192. The molecule has 0 aromatic heterocycles. The van der Waals surface area contributed by atoms with Crippen molar-refractivity contribution in [2.45, 2.75) is 32.7 Å². The van der Waals surface area contributed by atoms with Crippen LogP contribution in [-0.4, -0.2) is 24.4 Å². The van der Waals surface area contributed by atoms with Gasteiger partial charge in [0.05, 0.1) is 5.41 Å². The van der Waals surface area contributed by atoms with E-state index in [2.05, 4.69) is 10.6 Å². The molecule has 108 valence electrons. The molecule has 0 unspecified atom stereocenters. The van der Waals surface area contributed by atoms with E-state index in [1.807, 2.05) is 0 Å². The molecule has 5 nitrogen and oxygen atoms in total. The van der Waals surface area contributed by atoms with Crippen molar-refractivity contribution in [3.8, 4) is 0 Å². The summed E-state index contributed by atoms with van der Waals surface area (Å²) in [6.45, 7) is 3.86. The molecule has 1 fully saturated rings. The fraction of sp³-hybridized carbons (Fsp3) is 0.467. The van der Waals surface area contributed by atoms with Gasteiger partial charge in [0.25, 0.3) is 5.91 Å². The lowest BCUT2D eigenvalue weighted by molar-refractivity contribution is -0.123. The zero-order valence-electron chi connectivity index (χ0n) is 11.9. The summed E-state index contributed by atoms with van der Waals surface area (Å²) >= 11 is 0. The van der Waals surface area contributed by atoms with Gasteiger partial charge in [0.15, 0.2) is 0 Å². The highest BCUT2D eigenvalue weighted by molar-refractivity contribution is 5.97. The topological polar surface area (TPSA) is 84.2 Å². The number of hydrogen-bond acceptors (Lipinski definition) is 3. The number of nitrogens with two attached hydrogens (primary N) is 1. The van der Waals surface area contributed by atoms with Crippen LogP contribution in [0.3, 0.4) is 0 Å². The number of carbonyl (C=O) groups is 2. The molecule has 0 saturated heterocycles. The molecule has 0 aliphatic heterocycles. The lowest BCUT2D eigenvalue weighted by Gasteiger charge is -2.21. The first kappa shape index (κ1) is 14.5. The van der Waals surface area contributed by atoms with E-state index in [-0.39, 0.29) is 18.4 Å².